The third-order valence-corrected chi connectivity index (χ3v) is 8.58. The van der Waals surface area contributed by atoms with Gasteiger partial charge in [0.25, 0.3) is 0 Å². The molecule has 4 aliphatic rings. The largest absolute Gasteiger partial charge is 0.446 e. The van der Waals surface area contributed by atoms with Gasteiger partial charge in [0.15, 0.2) is 0 Å². The van der Waals surface area contributed by atoms with Crippen LogP contribution in [0.4, 0.5) is 10.5 Å². The molecule has 1 saturated carbocycles. The van der Waals surface area contributed by atoms with Crippen LogP contribution in [0, 0.1) is 0 Å². The van der Waals surface area contributed by atoms with Crippen molar-refractivity contribution in [1.29, 1.82) is 0 Å². The fourth-order valence-corrected chi connectivity index (χ4v) is 6.37. The molecule has 2 fully saturated rings. The van der Waals surface area contributed by atoms with Crippen molar-refractivity contribution in [1.82, 2.24) is 4.90 Å². The van der Waals surface area contributed by atoms with Crippen LogP contribution in [0.1, 0.15) is 89.5 Å². The summed E-state index contributed by atoms with van der Waals surface area (Å²) in [5.41, 5.74) is 4.84. The maximum absolute atomic E-state index is 14.0. The first-order valence-corrected chi connectivity index (χ1v) is 14.2. The van der Waals surface area contributed by atoms with E-state index >= 15 is 0 Å². The third-order valence-electron chi connectivity index (χ3n) is 8.58. The maximum Gasteiger partial charge on any atom is 0.410 e. The average molecular weight is 508 g/mol. The quantitative estimate of drug-likeness (QED) is 0.353. The van der Waals surface area contributed by atoms with E-state index in [1.807, 2.05) is 29.2 Å². The van der Waals surface area contributed by atoms with Crippen molar-refractivity contribution < 1.29 is 19.4 Å². The van der Waals surface area contributed by atoms with Crippen LogP contribution >= 0.6 is 0 Å². The van der Waals surface area contributed by atoms with Gasteiger partial charge in [-0.15, -0.1) is 0 Å². The van der Waals surface area contributed by atoms with Crippen LogP contribution in [0.3, 0.4) is 0 Å². The van der Waals surface area contributed by atoms with Crippen LogP contribution < -0.4 is 4.90 Å². The Kier molecular flexibility index (Phi) is 7.98. The predicted molar refractivity (Wildman–Crippen MR) is 145 cm³/mol. The van der Waals surface area contributed by atoms with E-state index in [1.54, 1.807) is 4.90 Å². The third kappa shape index (κ3) is 5.33. The number of para-hydroxylation sites is 1. The summed E-state index contributed by atoms with van der Waals surface area (Å²) in [5, 5.41) is 9.20. The molecule has 0 unspecified atom stereocenters. The van der Waals surface area contributed by atoms with Gasteiger partial charge in [0.05, 0.1) is 6.54 Å². The van der Waals surface area contributed by atoms with Crippen LogP contribution in [0.5, 0.6) is 0 Å². The van der Waals surface area contributed by atoms with Crippen molar-refractivity contribution in [3.63, 3.8) is 0 Å². The zero-order valence-electron chi connectivity index (χ0n) is 22.2. The predicted octanol–water partition coefficient (Wildman–Crippen LogP) is 5.51. The number of nitrogens with zero attached hydrogens (tertiary/aromatic N) is 3. The molecule has 2 heterocycles. The Morgan fingerprint density at radius 3 is 2.59 bits per heavy atom. The molecular weight excluding hydrogens is 466 g/mol. The Bertz CT molecular complexity index is 1070. The van der Waals surface area contributed by atoms with E-state index in [2.05, 4.69) is 6.92 Å². The Labute approximate surface area is 220 Å². The monoisotopic (exact) mass is 507 g/mol. The summed E-state index contributed by atoms with van der Waals surface area (Å²) in [7, 11) is 0. The van der Waals surface area contributed by atoms with Crippen LogP contribution in [0.2, 0.25) is 0 Å². The summed E-state index contributed by atoms with van der Waals surface area (Å²) < 4.78 is 5.71. The zero-order chi connectivity index (χ0) is 25.8. The summed E-state index contributed by atoms with van der Waals surface area (Å²) >= 11 is 0. The zero-order valence-corrected chi connectivity index (χ0v) is 22.2. The second-order valence-corrected chi connectivity index (χ2v) is 11.3. The lowest BCUT2D eigenvalue weighted by atomic mass is 9.75. The number of likely N-dealkylation sites (tertiary alicyclic amines) is 1. The van der Waals surface area contributed by atoms with Gasteiger partial charge in [-0.05, 0) is 89.2 Å². The van der Waals surface area contributed by atoms with Crippen LogP contribution in [-0.4, -0.2) is 60.1 Å². The fraction of sp³-hybridized carbons (Fsp3) is 0.633. The van der Waals surface area contributed by atoms with Crippen molar-refractivity contribution in [2.24, 2.45) is 4.99 Å². The Morgan fingerprint density at radius 2 is 1.84 bits per heavy atom. The second-order valence-electron chi connectivity index (χ2n) is 11.3. The molecule has 37 heavy (non-hydrogen) atoms. The normalized spacial score (nSPS) is 21.6. The minimum Gasteiger partial charge on any atom is -0.446 e. The van der Waals surface area contributed by atoms with Gasteiger partial charge in [-0.25, -0.2) is 4.79 Å². The number of benzene rings is 1. The number of ether oxygens (including phenoxy) is 1. The number of carbonyl (C=O) groups is 2. The molecule has 0 bridgehead atoms. The highest BCUT2D eigenvalue weighted by Gasteiger charge is 2.59. The molecule has 2 aliphatic carbocycles. The Balaban J connectivity index is 1.34. The second kappa shape index (κ2) is 11.4. The van der Waals surface area contributed by atoms with Gasteiger partial charge in [-0.2, -0.15) is 0 Å². The van der Waals surface area contributed by atoms with Gasteiger partial charge in [0.2, 0.25) is 5.91 Å². The number of amides is 2. The molecule has 200 valence electrons. The highest BCUT2D eigenvalue weighted by molar-refractivity contribution is 6.13. The molecule has 1 spiro atoms. The molecular formula is C30H41N3O4. The van der Waals surface area contributed by atoms with Crippen molar-refractivity contribution in [2.75, 3.05) is 31.1 Å². The lowest BCUT2D eigenvalue weighted by molar-refractivity contribution is -0.128. The number of rotatable bonds is 9. The van der Waals surface area contributed by atoms with E-state index < -0.39 is 5.41 Å². The molecule has 1 aromatic carbocycles. The van der Waals surface area contributed by atoms with Crippen LogP contribution in [0.25, 0.3) is 0 Å². The van der Waals surface area contributed by atoms with Gasteiger partial charge in [0.1, 0.15) is 11.5 Å². The van der Waals surface area contributed by atoms with Crippen molar-refractivity contribution in [3.05, 3.63) is 41.1 Å². The van der Waals surface area contributed by atoms with Crippen molar-refractivity contribution in [3.8, 4) is 0 Å². The molecule has 0 radical (unpaired) electrons. The van der Waals surface area contributed by atoms with E-state index in [0.717, 1.165) is 87.6 Å². The van der Waals surface area contributed by atoms with Crippen LogP contribution in [0.15, 0.2) is 40.5 Å². The van der Waals surface area contributed by atoms with E-state index in [-0.39, 0.29) is 24.7 Å². The van der Waals surface area contributed by atoms with E-state index in [0.29, 0.717) is 19.6 Å². The summed E-state index contributed by atoms with van der Waals surface area (Å²) in [6, 6.07) is 8.03. The first-order chi connectivity index (χ1) is 18.0. The van der Waals surface area contributed by atoms with Gasteiger partial charge >= 0.3 is 6.09 Å². The number of allylic oxidation sites excluding steroid dienone is 2. The fourth-order valence-electron chi connectivity index (χ4n) is 6.37. The van der Waals surface area contributed by atoms with E-state index in [1.165, 1.54) is 17.7 Å². The number of anilines is 1. The highest BCUT2D eigenvalue weighted by Crippen LogP contribution is 2.47. The van der Waals surface area contributed by atoms with E-state index in [9.17, 15) is 14.7 Å². The molecule has 1 N–H and O–H groups in total. The first kappa shape index (κ1) is 26.0. The van der Waals surface area contributed by atoms with Gasteiger partial charge < -0.3 is 19.6 Å². The smallest absolute Gasteiger partial charge is 0.410 e. The van der Waals surface area contributed by atoms with Gasteiger partial charge in [-0.3, -0.25) is 9.79 Å². The van der Waals surface area contributed by atoms with Gasteiger partial charge in [-0.1, -0.05) is 30.2 Å². The lowest BCUT2D eigenvalue weighted by Gasteiger charge is -2.46. The number of aliphatic hydroxyl groups excluding tert-OH is 1. The summed E-state index contributed by atoms with van der Waals surface area (Å²) in [5.74, 6) is 0.0658. The minimum absolute atomic E-state index is 0.0225. The number of hydrogen-bond acceptors (Lipinski definition) is 5. The molecule has 2 amide bonds. The number of unbranched alkanes of at least 4 members (excludes halogenated alkanes) is 2. The Hall–Kier alpha value is -2.67. The van der Waals surface area contributed by atoms with Crippen molar-refractivity contribution >= 4 is 23.4 Å². The number of carbonyl (C=O) groups excluding carboxylic acids is 2. The molecule has 5 rings (SSSR count). The minimum atomic E-state index is -0.687. The van der Waals surface area contributed by atoms with E-state index in [4.69, 9.17) is 9.73 Å². The average Bonchev–Trinajstić information content (AvgIpc) is 3.46. The molecule has 7 nitrogen and oxygen atoms in total. The molecule has 1 aromatic rings. The number of aliphatic hydroxyl groups is 1. The number of hydrogen-bond donors (Lipinski definition) is 1. The number of aliphatic imine (C=N–C) groups is 1. The summed E-state index contributed by atoms with van der Waals surface area (Å²) in [4.78, 5) is 35.5. The molecule has 0 aromatic heterocycles. The Morgan fingerprint density at radius 1 is 1.08 bits per heavy atom. The topological polar surface area (TPSA) is 82.4 Å². The lowest BCUT2D eigenvalue weighted by Crippen LogP contribution is -2.65. The molecule has 1 saturated heterocycles. The molecule has 0 atom stereocenters. The first-order valence-electron chi connectivity index (χ1n) is 14.2. The maximum atomic E-state index is 14.0. The standard InChI is InChI=1S/C30H41N3O4/c1-22-11-4-8-16-26(22)31-23(12-3-2-10-18-34)19-33-27-17-9-7-15-25(27)30(28(33)35)20-32(21-30)29(36)37-24-13-5-6-14-24/h7,9,15,17,24,34H,2-6,8,10-14,16,18-21H2,1H3. The summed E-state index contributed by atoms with van der Waals surface area (Å²) in [6.45, 7) is 3.60. The van der Waals surface area contributed by atoms with Crippen molar-refractivity contribution in [2.45, 2.75) is 95.5 Å². The summed E-state index contributed by atoms with van der Waals surface area (Å²) in [6.07, 6.45) is 11.8. The SMILES string of the molecule is CC1=C(N=C(CCCCCO)CN2C(=O)C3(CN(C(=O)OC4CCCC4)C3)c3ccccc32)CCCC1. The molecule has 2 aliphatic heterocycles. The molecule has 7 heteroatoms. The number of fused-ring (bicyclic) bond motifs is 2. The van der Waals surface area contributed by atoms with Crippen LogP contribution in [-0.2, 0) is 14.9 Å². The van der Waals surface area contributed by atoms with Gasteiger partial charge in [0, 0.05) is 36.8 Å². The highest BCUT2D eigenvalue weighted by atomic mass is 16.6.